The third-order valence-corrected chi connectivity index (χ3v) is 3.20. The van der Waals surface area contributed by atoms with Crippen LogP contribution in [0.5, 0.6) is 0 Å². The summed E-state index contributed by atoms with van der Waals surface area (Å²) in [6.45, 7) is 2.15. The number of carbonyl (C=O) groups excluding carboxylic acids is 1. The van der Waals surface area contributed by atoms with Gasteiger partial charge in [0, 0.05) is 5.69 Å². The fourth-order valence-corrected chi connectivity index (χ4v) is 2.08. The molecule has 1 amide bonds. The maximum absolute atomic E-state index is 12.1. The van der Waals surface area contributed by atoms with Crippen molar-refractivity contribution in [2.24, 2.45) is 5.73 Å². The summed E-state index contributed by atoms with van der Waals surface area (Å²) in [5.41, 5.74) is 8.82. The van der Waals surface area contributed by atoms with Crippen molar-refractivity contribution in [2.75, 3.05) is 5.32 Å². The molecule has 0 aliphatic carbocycles. The Bertz CT molecular complexity index is 549. The Morgan fingerprint density at radius 1 is 1.10 bits per heavy atom. The third-order valence-electron chi connectivity index (χ3n) is 3.20. The van der Waals surface area contributed by atoms with Gasteiger partial charge in [-0.3, -0.25) is 4.79 Å². The Hall–Kier alpha value is -2.13. The number of amides is 1. The summed E-state index contributed by atoms with van der Waals surface area (Å²) in [7, 11) is 0. The maximum Gasteiger partial charge on any atom is 0.245 e. The van der Waals surface area contributed by atoms with Crippen molar-refractivity contribution in [3.8, 4) is 0 Å². The number of carbonyl (C=O) groups is 1. The lowest BCUT2D eigenvalue weighted by atomic mass is 10.1. The number of anilines is 1. The van der Waals surface area contributed by atoms with Crippen molar-refractivity contribution >= 4 is 11.6 Å². The molecule has 2 aromatic carbocycles. The molecule has 20 heavy (non-hydrogen) atoms. The minimum atomic E-state index is -0.647. The summed E-state index contributed by atoms with van der Waals surface area (Å²) in [6, 6.07) is 16.6. The summed E-state index contributed by atoms with van der Waals surface area (Å²) in [5, 5.41) is 2.85. The lowest BCUT2D eigenvalue weighted by Crippen LogP contribution is -2.27. The molecule has 1 atom stereocenters. The molecule has 2 rings (SSSR count). The van der Waals surface area contributed by atoms with Crippen molar-refractivity contribution in [2.45, 2.75) is 25.8 Å². The number of hydrogen-bond acceptors (Lipinski definition) is 2. The van der Waals surface area contributed by atoms with E-state index in [1.807, 2.05) is 54.6 Å². The average Bonchev–Trinajstić information content (AvgIpc) is 2.49. The summed E-state index contributed by atoms with van der Waals surface area (Å²) in [6.07, 6.45) is 2.17. The second-order valence-corrected chi connectivity index (χ2v) is 4.82. The molecule has 0 aromatic heterocycles. The lowest BCUT2D eigenvalue weighted by molar-refractivity contribution is -0.117. The van der Waals surface area contributed by atoms with E-state index in [1.165, 1.54) is 5.56 Å². The molecule has 0 saturated heterocycles. The first-order chi connectivity index (χ1) is 9.70. The number of benzene rings is 2. The smallest absolute Gasteiger partial charge is 0.245 e. The summed E-state index contributed by atoms with van der Waals surface area (Å²) in [5.74, 6) is -0.195. The minimum absolute atomic E-state index is 0.195. The number of nitrogens with one attached hydrogen (secondary N) is 1. The lowest BCUT2D eigenvalue weighted by Gasteiger charge is -2.12. The SMILES string of the molecule is CCCc1ccc(NC(=O)C(N)c2ccccc2)cc1. The van der Waals surface area contributed by atoms with E-state index in [2.05, 4.69) is 12.2 Å². The Morgan fingerprint density at radius 2 is 1.75 bits per heavy atom. The van der Waals surface area contributed by atoms with Crippen molar-refractivity contribution in [3.63, 3.8) is 0 Å². The Balaban J connectivity index is 2.00. The Morgan fingerprint density at radius 3 is 2.35 bits per heavy atom. The number of aryl methyl sites for hydroxylation is 1. The summed E-state index contributed by atoms with van der Waals surface area (Å²) in [4.78, 5) is 12.1. The van der Waals surface area contributed by atoms with E-state index in [0.717, 1.165) is 24.1 Å². The van der Waals surface area contributed by atoms with E-state index < -0.39 is 6.04 Å². The Kier molecular flexibility index (Phi) is 4.91. The molecule has 3 N–H and O–H groups in total. The highest BCUT2D eigenvalue weighted by atomic mass is 16.2. The predicted molar refractivity (Wildman–Crippen MR) is 82.4 cm³/mol. The number of rotatable bonds is 5. The van der Waals surface area contributed by atoms with Crippen LogP contribution in [0.1, 0.15) is 30.5 Å². The van der Waals surface area contributed by atoms with Gasteiger partial charge in [0.2, 0.25) is 5.91 Å². The van der Waals surface area contributed by atoms with Gasteiger partial charge in [-0.25, -0.2) is 0 Å². The van der Waals surface area contributed by atoms with E-state index in [-0.39, 0.29) is 5.91 Å². The fourth-order valence-electron chi connectivity index (χ4n) is 2.08. The van der Waals surface area contributed by atoms with Crippen LogP contribution in [0, 0.1) is 0 Å². The van der Waals surface area contributed by atoms with Gasteiger partial charge in [-0.2, -0.15) is 0 Å². The monoisotopic (exact) mass is 268 g/mol. The molecule has 0 bridgehead atoms. The molecule has 0 aliphatic rings. The molecular weight excluding hydrogens is 248 g/mol. The van der Waals surface area contributed by atoms with Gasteiger partial charge in [-0.1, -0.05) is 55.8 Å². The van der Waals surface area contributed by atoms with Gasteiger partial charge in [0.1, 0.15) is 6.04 Å². The van der Waals surface area contributed by atoms with Crippen LogP contribution >= 0.6 is 0 Å². The minimum Gasteiger partial charge on any atom is -0.324 e. The molecule has 0 heterocycles. The molecule has 3 nitrogen and oxygen atoms in total. The van der Waals surface area contributed by atoms with Crippen LogP contribution in [0.3, 0.4) is 0 Å². The van der Waals surface area contributed by atoms with E-state index >= 15 is 0 Å². The van der Waals surface area contributed by atoms with E-state index in [0.29, 0.717) is 0 Å². The molecule has 0 fully saturated rings. The highest BCUT2D eigenvalue weighted by molar-refractivity contribution is 5.95. The van der Waals surface area contributed by atoms with Crippen molar-refractivity contribution in [3.05, 3.63) is 65.7 Å². The molecule has 0 radical (unpaired) electrons. The highest BCUT2D eigenvalue weighted by Crippen LogP contribution is 2.15. The third kappa shape index (κ3) is 3.68. The zero-order valence-electron chi connectivity index (χ0n) is 11.7. The zero-order valence-corrected chi connectivity index (χ0v) is 11.7. The molecule has 0 saturated carbocycles. The number of hydrogen-bond donors (Lipinski definition) is 2. The van der Waals surface area contributed by atoms with E-state index in [9.17, 15) is 4.79 Å². The second-order valence-electron chi connectivity index (χ2n) is 4.82. The van der Waals surface area contributed by atoms with Gasteiger partial charge in [0.25, 0.3) is 0 Å². The van der Waals surface area contributed by atoms with E-state index in [4.69, 9.17) is 5.73 Å². The Labute approximate surface area is 119 Å². The quantitative estimate of drug-likeness (QED) is 0.874. The van der Waals surface area contributed by atoms with E-state index in [1.54, 1.807) is 0 Å². The van der Waals surface area contributed by atoms with Crippen LogP contribution in [0.25, 0.3) is 0 Å². The molecule has 2 aromatic rings. The first kappa shape index (κ1) is 14.3. The summed E-state index contributed by atoms with van der Waals surface area (Å²) >= 11 is 0. The summed E-state index contributed by atoms with van der Waals surface area (Å²) < 4.78 is 0. The fraction of sp³-hybridized carbons (Fsp3) is 0.235. The molecule has 104 valence electrons. The van der Waals surface area contributed by atoms with Gasteiger partial charge in [-0.15, -0.1) is 0 Å². The van der Waals surface area contributed by atoms with Crippen LogP contribution < -0.4 is 11.1 Å². The van der Waals surface area contributed by atoms with Gasteiger partial charge >= 0.3 is 0 Å². The highest BCUT2D eigenvalue weighted by Gasteiger charge is 2.15. The molecule has 1 unspecified atom stereocenters. The first-order valence-corrected chi connectivity index (χ1v) is 6.91. The van der Waals surface area contributed by atoms with Crippen molar-refractivity contribution < 1.29 is 4.79 Å². The van der Waals surface area contributed by atoms with Crippen molar-refractivity contribution in [1.82, 2.24) is 0 Å². The second kappa shape index (κ2) is 6.87. The normalized spacial score (nSPS) is 11.9. The zero-order chi connectivity index (χ0) is 14.4. The van der Waals surface area contributed by atoms with Gasteiger partial charge in [0.15, 0.2) is 0 Å². The number of nitrogens with two attached hydrogens (primary N) is 1. The largest absolute Gasteiger partial charge is 0.324 e. The maximum atomic E-state index is 12.1. The van der Waals surface area contributed by atoms with Crippen LogP contribution in [0.2, 0.25) is 0 Å². The van der Waals surface area contributed by atoms with Gasteiger partial charge in [0.05, 0.1) is 0 Å². The predicted octanol–water partition coefficient (Wildman–Crippen LogP) is 3.28. The van der Waals surface area contributed by atoms with Crippen LogP contribution in [0.4, 0.5) is 5.69 Å². The first-order valence-electron chi connectivity index (χ1n) is 6.91. The van der Waals surface area contributed by atoms with Crippen LogP contribution in [-0.2, 0) is 11.2 Å². The standard InChI is InChI=1S/C17H20N2O/c1-2-6-13-9-11-15(12-10-13)19-17(20)16(18)14-7-4-3-5-8-14/h3-5,7-12,16H,2,6,18H2,1H3,(H,19,20). The van der Waals surface area contributed by atoms with Crippen LogP contribution in [0.15, 0.2) is 54.6 Å². The topological polar surface area (TPSA) is 55.1 Å². The van der Waals surface area contributed by atoms with Gasteiger partial charge < -0.3 is 11.1 Å². The molecule has 3 heteroatoms. The molecule has 0 spiro atoms. The average molecular weight is 268 g/mol. The van der Waals surface area contributed by atoms with Gasteiger partial charge in [-0.05, 0) is 29.7 Å². The molecule has 0 aliphatic heterocycles. The van der Waals surface area contributed by atoms with Crippen LogP contribution in [-0.4, -0.2) is 5.91 Å². The molecular formula is C17H20N2O. The van der Waals surface area contributed by atoms with Crippen molar-refractivity contribution in [1.29, 1.82) is 0 Å².